The number of halogens is 2. The highest BCUT2D eigenvalue weighted by molar-refractivity contribution is 8.00. The number of hydrogen-bond acceptors (Lipinski definition) is 4. The Morgan fingerprint density at radius 3 is 2.19 bits per heavy atom. The molecule has 4 rings (SSSR count). The third-order valence-electron chi connectivity index (χ3n) is 5.60. The minimum absolute atomic E-state index is 0.0614. The van der Waals surface area contributed by atoms with Gasteiger partial charge in [0, 0.05) is 27.2 Å². The lowest BCUT2D eigenvalue weighted by Gasteiger charge is -2.16. The molecule has 4 aromatic carbocycles. The van der Waals surface area contributed by atoms with Crippen molar-refractivity contribution in [2.45, 2.75) is 23.5 Å². The standard InChI is InChI=1S/C28H22Cl2N2O4S/c1-2-24(27(34)32-18-12-13-22(29)23(30)15-18)37-19-9-5-8-17(14-19)31-26(33)20-10-3-6-16-7-4-11-21(25(16)20)28(35)36/h3-15,24H,2H2,1H3,(H,31,33)(H,32,34)(H,35,36). The van der Waals surface area contributed by atoms with Crippen LogP contribution in [0.2, 0.25) is 10.0 Å². The van der Waals surface area contributed by atoms with E-state index >= 15 is 0 Å². The number of nitrogens with one attached hydrogen (secondary N) is 2. The first-order chi connectivity index (χ1) is 17.8. The van der Waals surface area contributed by atoms with Crippen molar-refractivity contribution in [3.8, 4) is 0 Å². The van der Waals surface area contributed by atoms with Gasteiger partial charge in [-0.2, -0.15) is 0 Å². The van der Waals surface area contributed by atoms with Crippen molar-refractivity contribution in [3.63, 3.8) is 0 Å². The lowest BCUT2D eigenvalue weighted by atomic mass is 9.98. The summed E-state index contributed by atoms with van der Waals surface area (Å²) in [6.07, 6.45) is 0.572. The normalized spacial score (nSPS) is 11.6. The second-order valence-corrected chi connectivity index (χ2v) is 10.2. The zero-order valence-electron chi connectivity index (χ0n) is 19.6. The number of amides is 2. The number of aromatic carboxylic acids is 1. The lowest BCUT2D eigenvalue weighted by Crippen LogP contribution is -2.24. The number of carboxylic acids is 1. The first kappa shape index (κ1) is 26.5. The molecule has 0 aromatic heterocycles. The van der Waals surface area contributed by atoms with Gasteiger partial charge in [-0.1, -0.05) is 60.5 Å². The Morgan fingerprint density at radius 1 is 0.838 bits per heavy atom. The van der Waals surface area contributed by atoms with Crippen LogP contribution in [0.1, 0.15) is 34.1 Å². The molecule has 0 saturated carbocycles. The summed E-state index contributed by atoms with van der Waals surface area (Å²) in [4.78, 5) is 38.6. The summed E-state index contributed by atoms with van der Waals surface area (Å²) in [6, 6.07) is 22.0. The number of hydrogen-bond donors (Lipinski definition) is 3. The fourth-order valence-corrected chi connectivity index (χ4v) is 5.15. The van der Waals surface area contributed by atoms with Crippen molar-refractivity contribution in [2.24, 2.45) is 0 Å². The van der Waals surface area contributed by atoms with Gasteiger partial charge < -0.3 is 15.7 Å². The van der Waals surface area contributed by atoms with E-state index in [1.807, 2.05) is 13.0 Å². The number of fused-ring (bicyclic) bond motifs is 1. The number of carbonyl (C=O) groups is 3. The fraction of sp³-hybridized carbons (Fsp3) is 0.107. The summed E-state index contributed by atoms with van der Waals surface area (Å²) in [5.74, 6) is -1.71. The maximum absolute atomic E-state index is 13.2. The zero-order chi connectivity index (χ0) is 26.5. The number of rotatable bonds is 8. The Bertz CT molecular complexity index is 1500. The number of thioether (sulfide) groups is 1. The molecule has 0 heterocycles. The van der Waals surface area contributed by atoms with Gasteiger partial charge in [-0.05, 0) is 60.3 Å². The highest BCUT2D eigenvalue weighted by atomic mass is 35.5. The number of carbonyl (C=O) groups excluding carboxylic acids is 2. The summed E-state index contributed by atoms with van der Waals surface area (Å²) >= 11 is 13.4. The SMILES string of the molecule is CCC(Sc1cccc(NC(=O)c2cccc3cccc(C(=O)O)c23)c1)C(=O)Nc1ccc(Cl)c(Cl)c1. The molecule has 9 heteroatoms. The second kappa shape index (κ2) is 11.7. The van der Waals surface area contributed by atoms with E-state index in [1.165, 1.54) is 17.8 Å². The van der Waals surface area contributed by atoms with Crippen LogP contribution in [-0.2, 0) is 4.79 Å². The third-order valence-corrected chi connectivity index (χ3v) is 7.70. The fourth-order valence-electron chi connectivity index (χ4n) is 3.84. The van der Waals surface area contributed by atoms with Gasteiger partial charge >= 0.3 is 5.97 Å². The topological polar surface area (TPSA) is 95.5 Å². The van der Waals surface area contributed by atoms with Crippen LogP contribution in [0.5, 0.6) is 0 Å². The van der Waals surface area contributed by atoms with Crippen LogP contribution in [0.25, 0.3) is 10.8 Å². The average molecular weight is 553 g/mol. The molecule has 0 fully saturated rings. The molecule has 0 aliphatic heterocycles. The van der Waals surface area contributed by atoms with Crippen LogP contribution in [-0.4, -0.2) is 28.1 Å². The van der Waals surface area contributed by atoms with Crippen molar-refractivity contribution >= 4 is 74.9 Å². The molecule has 188 valence electrons. The van der Waals surface area contributed by atoms with Crippen LogP contribution in [0.4, 0.5) is 11.4 Å². The van der Waals surface area contributed by atoms with E-state index in [2.05, 4.69) is 10.6 Å². The van der Waals surface area contributed by atoms with Crippen molar-refractivity contribution in [3.05, 3.63) is 100 Å². The van der Waals surface area contributed by atoms with Gasteiger partial charge in [0.2, 0.25) is 5.91 Å². The third kappa shape index (κ3) is 6.25. The van der Waals surface area contributed by atoms with E-state index in [1.54, 1.807) is 66.7 Å². The Labute approximate surface area is 228 Å². The van der Waals surface area contributed by atoms with Crippen LogP contribution < -0.4 is 10.6 Å². The van der Waals surface area contributed by atoms with E-state index < -0.39 is 17.1 Å². The quantitative estimate of drug-likeness (QED) is 0.195. The Hall–Kier alpha value is -3.52. The van der Waals surface area contributed by atoms with Crippen molar-refractivity contribution in [1.82, 2.24) is 0 Å². The molecule has 2 amide bonds. The Morgan fingerprint density at radius 2 is 1.51 bits per heavy atom. The van der Waals surface area contributed by atoms with Crippen LogP contribution in [0, 0.1) is 0 Å². The molecule has 1 unspecified atom stereocenters. The van der Waals surface area contributed by atoms with E-state index in [-0.39, 0.29) is 17.0 Å². The molecular formula is C28H22Cl2N2O4S. The smallest absolute Gasteiger partial charge is 0.336 e. The Balaban J connectivity index is 1.51. The van der Waals surface area contributed by atoms with Crippen LogP contribution in [0.15, 0.2) is 83.8 Å². The van der Waals surface area contributed by atoms with Gasteiger partial charge in [-0.15, -0.1) is 11.8 Å². The predicted octanol–water partition coefficient (Wildman–Crippen LogP) is 7.61. The zero-order valence-corrected chi connectivity index (χ0v) is 22.0. The monoisotopic (exact) mass is 552 g/mol. The van der Waals surface area contributed by atoms with E-state index in [0.29, 0.717) is 38.6 Å². The van der Waals surface area contributed by atoms with Gasteiger partial charge in [-0.3, -0.25) is 9.59 Å². The first-order valence-electron chi connectivity index (χ1n) is 11.4. The lowest BCUT2D eigenvalue weighted by molar-refractivity contribution is -0.115. The molecule has 0 bridgehead atoms. The van der Waals surface area contributed by atoms with Crippen molar-refractivity contribution in [2.75, 3.05) is 10.6 Å². The van der Waals surface area contributed by atoms with Gasteiger partial charge in [-0.25, -0.2) is 4.79 Å². The molecular weight excluding hydrogens is 531 g/mol. The highest BCUT2D eigenvalue weighted by Gasteiger charge is 2.20. The number of carboxylic acid groups (broad SMARTS) is 1. The van der Waals surface area contributed by atoms with Gasteiger partial charge in [0.05, 0.1) is 20.9 Å². The Kier molecular flexibility index (Phi) is 8.38. The summed E-state index contributed by atoms with van der Waals surface area (Å²) in [6.45, 7) is 1.91. The van der Waals surface area contributed by atoms with E-state index in [4.69, 9.17) is 23.2 Å². The largest absolute Gasteiger partial charge is 0.478 e. The molecule has 0 saturated heterocycles. The summed E-state index contributed by atoms with van der Waals surface area (Å²) < 4.78 is 0. The summed E-state index contributed by atoms with van der Waals surface area (Å²) in [7, 11) is 0. The van der Waals surface area contributed by atoms with E-state index in [0.717, 1.165) is 4.90 Å². The minimum Gasteiger partial charge on any atom is -0.478 e. The van der Waals surface area contributed by atoms with Crippen molar-refractivity contribution in [1.29, 1.82) is 0 Å². The molecule has 1 atom stereocenters. The van der Waals surface area contributed by atoms with Crippen molar-refractivity contribution < 1.29 is 19.5 Å². The van der Waals surface area contributed by atoms with E-state index in [9.17, 15) is 19.5 Å². The average Bonchev–Trinajstić information content (AvgIpc) is 2.88. The summed E-state index contributed by atoms with van der Waals surface area (Å²) in [5, 5.41) is 16.7. The molecule has 0 aliphatic carbocycles. The predicted molar refractivity (Wildman–Crippen MR) is 150 cm³/mol. The summed E-state index contributed by atoms with van der Waals surface area (Å²) in [5.41, 5.74) is 1.40. The van der Waals surface area contributed by atoms with Crippen LogP contribution in [0.3, 0.4) is 0 Å². The number of anilines is 2. The molecule has 0 spiro atoms. The maximum atomic E-state index is 13.2. The highest BCUT2D eigenvalue weighted by Crippen LogP contribution is 2.31. The van der Waals surface area contributed by atoms with Gasteiger partial charge in [0.25, 0.3) is 5.91 Å². The minimum atomic E-state index is -1.10. The number of benzene rings is 4. The molecule has 0 aliphatic rings. The van der Waals surface area contributed by atoms with Crippen LogP contribution >= 0.6 is 35.0 Å². The maximum Gasteiger partial charge on any atom is 0.336 e. The van der Waals surface area contributed by atoms with Gasteiger partial charge in [0.1, 0.15) is 0 Å². The molecule has 37 heavy (non-hydrogen) atoms. The molecule has 4 aromatic rings. The molecule has 3 N–H and O–H groups in total. The first-order valence-corrected chi connectivity index (χ1v) is 13.0. The molecule has 0 radical (unpaired) electrons. The molecule has 6 nitrogen and oxygen atoms in total. The van der Waals surface area contributed by atoms with Gasteiger partial charge in [0.15, 0.2) is 0 Å². The second-order valence-electron chi connectivity index (χ2n) is 8.13.